The molecular weight excluding hydrogens is 466 g/mol. The van der Waals surface area contributed by atoms with Gasteiger partial charge in [0.05, 0.1) is 15.6 Å². The second-order valence-electron chi connectivity index (χ2n) is 9.43. The highest BCUT2D eigenvalue weighted by Gasteiger charge is 2.29. The number of hydrogen-bond acceptors (Lipinski definition) is 7. The monoisotopic (exact) mass is 499 g/mol. The van der Waals surface area contributed by atoms with Crippen LogP contribution in [0.3, 0.4) is 0 Å². The molecule has 32 heavy (non-hydrogen) atoms. The minimum absolute atomic E-state index is 0.327. The van der Waals surface area contributed by atoms with Crippen LogP contribution in [0.25, 0.3) is 10.6 Å². The largest absolute Gasteiger partial charge is 0.444 e. The first-order chi connectivity index (χ1) is 14.9. The SMILES string of the molecule is Cc1nc(-c2ccc(S(=O)(=O)N(C)CC3CCC(CNC(=O)OC(C)(C)C)CC3)s2)cs1. The summed E-state index contributed by atoms with van der Waals surface area (Å²) in [5.74, 6) is 0.732. The van der Waals surface area contributed by atoms with Crippen molar-refractivity contribution < 1.29 is 17.9 Å². The Morgan fingerprint density at radius 3 is 2.47 bits per heavy atom. The average Bonchev–Trinajstić information content (AvgIpc) is 3.35. The van der Waals surface area contributed by atoms with Gasteiger partial charge in [0.2, 0.25) is 0 Å². The topological polar surface area (TPSA) is 88.6 Å². The standard InChI is InChI=1S/C22H33N3O4S3/c1-15-24-18(14-30-15)19-10-11-20(31-19)32(27,28)25(5)13-17-8-6-16(7-9-17)12-23-21(26)29-22(2,3)4/h10-11,14,16-17H,6-9,12-13H2,1-5H3,(H,23,26). The van der Waals surface area contributed by atoms with Crippen molar-refractivity contribution in [2.75, 3.05) is 20.1 Å². The number of hydrogen-bond donors (Lipinski definition) is 1. The van der Waals surface area contributed by atoms with Gasteiger partial charge in [-0.15, -0.1) is 22.7 Å². The summed E-state index contributed by atoms with van der Waals surface area (Å²) in [5.41, 5.74) is 0.334. The number of amides is 1. The third kappa shape index (κ3) is 6.76. The van der Waals surface area contributed by atoms with Crippen LogP contribution < -0.4 is 5.32 Å². The maximum absolute atomic E-state index is 13.1. The van der Waals surface area contributed by atoms with E-state index in [4.69, 9.17) is 4.74 Å². The molecule has 0 unspecified atom stereocenters. The minimum Gasteiger partial charge on any atom is -0.444 e. The lowest BCUT2D eigenvalue weighted by molar-refractivity contribution is 0.0513. The summed E-state index contributed by atoms with van der Waals surface area (Å²) in [4.78, 5) is 17.2. The van der Waals surface area contributed by atoms with Crippen molar-refractivity contribution in [3.05, 3.63) is 22.5 Å². The number of sulfonamides is 1. The first kappa shape index (κ1) is 25.1. The zero-order chi connectivity index (χ0) is 23.5. The van der Waals surface area contributed by atoms with E-state index in [1.54, 1.807) is 24.5 Å². The van der Waals surface area contributed by atoms with Gasteiger partial charge < -0.3 is 10.1 Å². The van der Waals surface area contributed by atoms with Gasteiger partial charge in [-0.25, -0.2) is 18.2 Å². The van der Waals surface area contributed by atoms with Crippen LogP contribution in [0.15, 0.2) is 21.7 Å². The van der Waals surface area contributed by atoms with Crippen molar-refractivity contribution in [1.82, 2.24) is 14.6 Å². The van der Waals surface area contributed by atoms with Crippen LogP contribution in [-0.2, 0) is 14.8 Å². The quantitative estimate of drug-likeness (QED) is 0.570. The van der Waals surface area contributed by atoms with Crippen LogP contribution in [0.4, 0.5) is 4.79 Å². The maximum atomic E-state index is 13.1. The van der Waals surface area contributed by atoms with Gasteiger partial charge in [0, 0.05) is 25.5 Å². The third-order valence-corrected chi connectivity index (χ3v) is 9.70. The minimum atomic E-state index is -3.52. The number of nitrogens with zero attached hydrogens (tertiary/aromatic N) is 2. The Kier molecular flexibility index (Phi) is 8.01. The number of alkyl carbamates (subject to hydrolysis) is 1. The fraction of sp³-hybridized carbons (Fsp3) is 0.636. The third-order valence-electron chi connectivity index (χ3n) is 5.53. The lowest BCUT2D eigenvalue weighted by Gasteiger charge is -2.31. The summed E-state index contributed by atoms with van der Waals surface area (Å²) in [6, 6.07) is 3.52. The van der Waals surface area contributed by atoms with E-state index in [9.17, 15) is 13.2 Å². The molecule has 7 nitrogen and oxygen atoms in total. The number of rotatable bonds is 7. The Labute approximate surface area is 199 Å². The number of aromatic nitrogens is 1. The highest BCUT2D eigenvalue weighted by atomic mass is 32.2. The summed E-state index contributed by atoms with van der Waals surface area (Å²) in [5, 5.41) is 5.78. The van der Waals surface area contributed by atoms with E-state index >= 15 is 0 Å². The second-order valence-corrected chi connectivity index (χ2v) is 13.8. The molecule has 1 aliphatic carbocycles. The van der Waals surface area contributed by atoms with E-state index in [0.29, 0.717) is 29.1 Å². The predicted octanol–water partition coefficient (Wildman–Crippen LogP) is 5.13. The fourth-order valence-electron chi connectivity index (χ4n) is 3.85. The van der Waals surface area contributed by atoms with E-state index in [1.165, 1.54) is 15.6 Å². The Balaban J connectivity index is 1.48. The molecule has 0 bridgehead atoms. The molecule has 10 heteroatoms. The number of nitrogens with one attached hydrogen (secondary N) is 1. The first-order valence-electron chi connectivity index (χ1n) is 10.9. The molecule has 2 heterocycles. The van der Waals surface area contributed by atoms with Crippen molar-refractivity contribution in [1.29, 1.82) is 0 Å². The molecule has 0 aromatic carbocycles. The normalized spacial score (nSPS) is 19.8. The molecule has 0 spiro atoms. The van der Waals surface area contributed by atoms with Gasteiger partial charge >= 0.3 is 6.09 Å². The molecule has 2 aromatic heterocycles. The number of carbonyl (C=O) groups excluding carboxylic acids is 1. The van der Waals surface area contributed by atoms with Crippen molar-refractivity contribution in [3.8, 4) is 10.6 Å². The number of aryl methyl sites for hydroxylation is 1. The summed E-state index contributed by atoms with van der Waals surface area (Å²) < 4.78 is 33.3. The Bertz CT molecular complexity index is 1020. The molecule has 0 atom stereocenters. The smallest absolute Gasteiger partial charge is 0.407 e. The summed E-state index contributed by atoms with van der Waals surface area (Å²) in [6.45, 7) is 8.59. The number of thiophene rings is 1. The lowest BCUT2D eigenvalue weighted by atomic mass is 9.82. The van der Waals surface area contributed by atoms with Crippen LogP contribution in [0.1, 0.15) is 51.5 Å². The summed E-state index contributed by atoms with van der Waals surface area (Å²) in [7, 11) is -1.85. The molecular formula is C22H33N3O4S3. The fourth-order valence-corrected chi connectivity index (χ4v) is 7.26. The first-order valence-corrected chi connectivity index (χ1v) is 14.0. The molecule has 0 radical (unpaired) electrons. The van der Waals surface area contributed by atoms with Gasteiger partial charge in [-0.1, -0.05) is 0 Å². The number of carbonyl (C=O) groups is 1. The average molecular weight is 500 g/mol. The van der Waals surface area contributed by atoms with Crippen molar-refractivity contribution in [3.63, 3.8) is 0 Å². The molecule has 1 aliphatic rings. The number of thiazole rings is 1. The Morgan fingerprint density at radius 2 is 1.88 bits per heavy atom. The Morgan fingerprint density at radius 1 is 1.22 bits per heavy atom. The van der Waals surface area contributed by atoms with Crippen molar-refractivity contribution >= 4 is 38.8 Å². The van der Waals surface area contributed by atoms with Crippen molar-refractivity contribution in [2.24, 2.45) is 11.8 Å². The Hall–Kier alpha value is -1.49. The van der Waals surface area contributed by atoms with E-state index in [0.717, 1.165) is 41.3 Å². The highest BCUT2D eigenvalue weighted by molar-refractivity contribution is 7.91. The zero-order valence-electron chi connectivity index (χ0n) is 19.4. The molecule has 0 saturated heterocycles. The summed E-state index contributed by atoms with van der Waals surface area (Å²) >= 11 is 2.83. The van der Waals surface area contributed by atoms with Gasteiger partial charge in [-0.2, -0.15) is 4.31 Å². The van der Waals surface area contributed by atoms with E-state index in [-0.39, 0.29) is 6.09 Å². The van der Waals surface area contributed by atoms with E-state index in [2.05, 4.69) is 10.3 Å². The van der Waals surface area contributed by atoms with Crippen LogP contribution >= 0.6 is 22.7 Å². The van der Waals surface area contributed by atoms with Crippen LogP contribution in [-0.4, -0.2) is 49.5 Å². The van der Waals surface area contributed by atoms with Crippen molar-refractivity contribution in [2.45, 2.75) is 63.2 Å². The van der Waals surface area contributed by atoms with Gasteiger partial charge in [0.15, 0.2) is 0 Å². The molecule has 2 aromatic rings. The maximum Gasteiger partial charge on any atom is 0.407 e. The molecule has 1 amide bonds. The molecule has 3 rings (SSSR count). The molecule has 1 saturated carbocycles. The lowest BCUT2D eigenvalue weighted by Crippen LogP contribution is -2.37. The van der Waals surface area contributed by atoms with Gasteiger partial charge in [-0.05, 0) is 77.3 Å². The van der Waals surface area contributed by atoms with Crippen LogP contribution in [0.2, 0.25) is 0 Å². The van der Waals surface area contributed by atoms with E-state index in [1.807, 2.05) is 39.1 Å². The molecule has 1 N–H and O–H groups in total. The van der Waals surface area contributed by atoms with E-state index < -0.39 is 15.6 Å². The molecule has 0 aliphatic heterocycles. The zero-order valence-corrected chi connectivity index (χ0v) is 21.8. The van der Waals surface area contributed by atoms with Crippen LogP contribution in [0.5, 0.6) is 0 Å². The van der Waals surface area contributed by atoms with Gasteiger partial charge in [0.25, 0.3) is 10.0 Å². The second kappa shape index (κ2) is 10.2. The molecule has 178 valence electrons. The molecule has 1 fully saturated rings. The summed E-state index contributed by atoms with van der Waals surface area (Å²) in [6.07, 6.45) is 3.47. The predicted molar refractivity (Wildman–Crippen MR) is 130 cm³/mol. The number of ether oxygens (including phenoxy) is 1. The van der Waals surface area contributed by atoms with Gasteiger partial charge in [0.1, 0.15) is 9.81 Å². The van der Waals surface area contributed by atoms with Gasteiger partial charge in [-0.3, -0.25) is 0 Å². The van der Waals surface area contributed by atoms with Crippen LogP contribution in [0, 0.1) is 18.8 Å². The highest BCUT2D eigenvalue weighted by Crippen LogP contribution is 2.34.